The first-order valence-corrected chi connectivity index (χ1v) is 9.03. The molecule has 0 radical (unpaired) electrons. The zero-order chi connectivity index (χ0) is 15.8. The fraction of sp³-hybridized carbons (Fsp3) is 0.625. The second kappa shape index (κ2) is 6.07. The van der Waals surface area contributed by atoms with Gasteiger partial charge in [-0.3, -0.25) is 0 Å². The molecule has 1 aromatic carbocycles. The molecule has 0 unspecified atom stereocenters. The lowest BCUT2D eigenvalue weighted by molar-refractivity contribution is 0.341. The van der Waals surface area contributed by atoms with Crippen LogP contribution < -0.4 is 5.73 Å². The molecule has 1 aliphatic rings. The van der Waals surface area contributed by atoms with E-state index in [0.29, 0.717) is 23.9 Å². The van der Waals surface area contributed by atoms with Crippen molar-refractivity contribution in [2.75, 3.05) is 6.54 Å². The van der Waals surface area contributed by atoms with E-state index in [9.17, 15) is 8.42 Å². The Morgan fingerprint density at radius 1 is 1.29 bits per heavy atom. The van der Waals surface area contributed by atoms with E-state index < -0.39 is 10.0 Å². The largest absolute Gasteiger partial charge is 0.326 e. The molecule has 0 atom stereocenters. The molecule has 5 heteroatoms. The Morgan fingerprint density at radius 2 is 1.90 bits per heavy atom. The number of sulfonamides is 1. The van der Waals surface area contributed by atoms with Crippen LogP contribution in [0.15, 0.2) is 17.0 Å². The Labute approximate surface area is 128 Å². The predicted octanol–water partition coefficient (Wildman–Crippen LogP) is 2.57. The maximum absolute atomic E-state index is 13.1. The summed E-state index contributed by atoms with van der Waals surface area (Å²) < 4.78 is 27.8. The van der Waals surface area contributed by atoms with E-state index in [0.717, 1.165) is 29.5 Å². The summed E-state index contributed by atoms with van der Waals surface area (Å²) in [7, 11) is -3.46. The van der Waals surface area contributed by atoms with Gasteiger partial charge in [0.1, 0.15) is 0 Å². The van der Waals surface area contributed by atoms with Crippen LogP contribution in [0.4, 0.5) is 0 Å². The maximum Gasteiger partial charge on any atom is 0.243 e. The Hall–Kier alpha value is -0.910. The zero-order valence-electron chi connectivity index (χ0n) is 13.4. The van der Waals surface area contributed by atoms with Crippen molar-refractivity contribution >= 4 is 10.0 Å². The Morgan fingerprint density at radius 3 is 2.38 bits per heavy atom. The van der Waals surface area contributed by atoms with Crippen molar-refractivity contribution in [1.82, 2.24) is 4.31 Å². The fourth-order valence-electron chi connectivity index (χ4n) is 2.55. The highest BCUT2D eigenvalue weighted by Gasteiger charge is 2.34. The van der Waals surface area contributed by atoms with Crippen molar-refractivity contribution in [3.8, 4) is 0 Å². The van der Waals surface area contributed by atoms with Gasteiger partial charge >= 0.3 is 0 Å². The molecular weight excluding hydrogens is 284 g/mol. The summed E-state index contributed by atoms with van der Waals surface area (Å²) in [6.07, 6.45) is 2.28. The van der Waals surface area contributed by atoms with Gasteiger partial charge in [-0.15, -0.1) is 0 Å². The van der Waals surface area contributed by atoms with Crippen molar-refractivity contribution in [2.24, 2.45) is 11.7 Å². The van der Waals surface area contributed by atoms with E-state index in [2.05, 4.69) is 0 Å². The first-order chi connectivity index (χ1) is 9.77. The minimum absolute atomic E-state index is 0.0307. The number of hydrogen-bond acceptors (Lipinski definition) is 3. The van der Waals surface area contributed by atoms with E-state index in [4.69, 9.17) is 5.73 Å². The molecule has 0 saturated heterocycles. The molecule has 2 rings (SSSR count). The number of nitrogens with two attached hydrogens (primary N) is 1. The van der Waals surface area contributed by atoms with E-state index in [1.807, 2.05) is 33.8 Å². The van der Waals surface area contributed by atoms with Gasteiger partial charge in [0.25, 0.3) is 0 Å². The van der Waals surface area contributed by atoms with E-state index in [1.165, 1.54) is 0 Å². The molecule has 0 spiro atoms. The SMILES string of the molecule is Cc1cc(CN)cc(S(=O)(=O)N(CC2CC2)C(C)C)c1C. The second-order valence-electron chi connectivity index (χ2n) is 6.35. The van der Waals surface area contributed by atoms with Gasteiger partial charge < -0.3 is 5.73 Å². The minimum atomic E-state index is -3.46. The van der Waals surface area contributed by atoms with Crippen LogP contribution >= 0.6 is 0 Å². The highest BCUT2D eigenvalue weighted by molar-refractivity contribution is 7.89. The topological polar surface area (TPSA) is 63.4 Å². The summed E-state index contributed by atoms with van der Waals surface area (Å²) in [5.41, 5.74) is 8.37. The van der Waals surface area contributed by atoms with E-state index in [1.54, 1.807) is 10.4 Å². The smallest absolute Gasteiger partial charge is 0.243 e. The molecule has 0 amide bonds. The van der Waals surface area contributed by atoms with Crippen molar-refractivity contribution < 1.29 is 8.42 Å². The van der Waals surface area contributed by atoms with E-state index in [-0.39, 0.29) is 6.04 Å². The van der Waals surface area contributed by atoms with Gasteiger partial charge in [-0.1, -0.05) is 6.07 Å². The minimum Gasteiger partial charge on any atom is -0.326 e. The first kappa shape index (κ1) is 16.5. The lowest BCUT2D eigenvalue weighted by atomic mass is 10.1. The van der Waals surface area contributed by atoms with Crippen molar-refractivity contribution in [3.05, 3.63) is 28.8 Å². The molecule has 0 aromatic heterocycles. The first-order valence-electron chi connectivity index (χ1n) is 7.59. The van der Waals surface area contributed by atoms with Crippen LogP contribution in [-0.2, 0) is 16.6 Å². The van der Waals surface area contributed by atoms with Gasteiger partial charge in [-0.05, 0) is 69.2 Å². The summed E-state index contributed by atoms with van der Waals surface area (Å²) in [5.74, 6) is 0.529. The molecule has 0 bridgehead atoms. The number of aryl methyl sites for hydroxylation is 1. The monoisotopic (exact) mass is 310 g/mol. The number of nitrogens with zero attached hydrogens (tertiary/aromatic N) is 1. The second-order valence-corrected chi connectivity index (χ2v) is 8.21. The van der Waals surface area contributed by atoms with Gasteiger partial charge in [0.15, 0.2) is 0 Å². The van der Waals surface area contributed by atoms with Crippen LogP contribution in [0.2, 0.25) is 0 Å². The summed E-state index contributed by atoms with van der Waals surface area (Å²) in [6.45, 7) is 8.68. The molecule has 2 N–H and O–H groups in total. The molecule has 1 aliphatic carbocycles. The molecule has 1 saturated carbocycles. The molecule has 1 fully saturated rings. The highest BCUT2D eigenvalue weighted by Crippen LogP contribution is 2.33. The Bertz CT molecular complexity index is 619. The van der Waals surface area contributed by atoms with Crippen molar-refractivity contribution in [1.29, 1.82) is 0 Å². The standard InChI is InChI=1S/C16H26N2O2S/c1-11(2)18(10-14-5-6-14)21(19,20)16-8-15(9-17)7-12(3)13(16)4/h7-8,11,14H,5-6,9-10,17H2,1-4H3. The third-order valence-corrected chi connectivity index (χ3v) is 6.38. The molecule has 1 aromatic rings. The molecule has 21 heavy (non-hydrogen) atoms. The third-order valence-electron chi connectivity index (χ3n) is 4.21. The lowest BCUT2D eigenvalue weighted by Crippen LogP contribution is -2.38. The molecular formula is C16H26N2O2S. The van der Waals surface area contributed by atoms with Crippen LogP contribution in [0, 0.1) is 19.8 Å². The highest BCUT2D eigenvalue weighted by atomic mass is 32.2. The third kappa shape index (κ3) is 3.47. The normalized spacial score (nSPS) is 16.0. The number of rotatable bonds is 6. The van der Waals surface area contributed by atoms with Gasteiger partial charge in [0.05, 0.1) is 4.90 Å². The van der Waals surface area contributed by atoms with E-state index >= 15 is 0 Å². The molecule has 4 nitrogen and oxygen atoms in total. The van der Waals surface area contributed by atoms with Gasteiger partial charge in [0.2, 0.25) is 10.0 Å². The maximum atomic E-state index is 13.1. The van der Waals surface area contributed by atoms with Crippen LogP contribution in [0.3, 0.4) is 0 Å². The summed E-state index contributed by atoms with van der Waals surface area (Å²) in [4.78, 5) is 0.414. The number of hydrogen-bond donors (Lipinski definition) is 1. The Kier molecular flexibility index (Phi) is 4.76. The van der Waals surface area contributed by atoms with Crippen LogP contribution in [-0.4, -0.2) is 25.3 Å². The van der Waals surface area contributed by atoms with Crippen molar-refractivity contribution in [2.45, 2.75) is 58.0 Å². The van der Waals surface area contributed by atoms with Gasteiger partial charge in [-0.25, -0.2) is 8.42 Å². The summed E-state index contributed by atoms with van der Waals surface area (Å²) in [5, 5.41) is 0. The van der Waals surface area contributed by atoms with Crippen LogP contribution in [0.1, 0.15) is 43.4 Å². The number of benzene rings is 1. The van der Waals surface area contributed by atoms with Gasteiger partial charge in [-0.2, -0.15) is 4.31 Å². The van der Waals surface area contributed by atoms with Crippen LogP contribution in [0.25, 0.3) is 0 Å². The Balaban J connectivity index is 2.48. The average molecular weight is 310 g/mol. The molecule has 118 valence electrons. The summed E-state index contributed by atoms with van der Waals surface area (Å²) >= 11 is 0. The zero-order valence-corrected chi connectivity index (χ0v) is 14.2. The quantitative estimate of drug-likeness (QED) is 0.878. The molecule has 0 aliphatic heterocycles. The fourth-order valence-corrected chi connectivity index (χ4v) is 4.62. The molecule has 0 heterocycles. The summed E-state index contributed by atoms with van der Waals surface area (Å²) in [6, 6.07) is 3.67. The van der Waals surface area contributed by atoms with Gasteiger partial charge in [0, 0.05) is 19.1 Å². The average Bonchev–Trinajstić information content (AvgIpc) is 3.22. The van der Waals surface area contributed by atoms with Crippen molar-refractivity contribution in [3.63, 3.8) is 0 Å². The predicted molar refractivity (Wildman–Crippen MR) is 85.6 cm³/mol. The van der Waals surface area contributed by atoms with Crippen LogP contribution in [0.5, 0.6) is 0 Å². The lowest BCUT2D eigenvalue weighted by Gasteiger charge is -2.27.